The summed E-state index contributed by atoms with van der Waals surface area (Å²) in [5.41, 5.74) is 6.27. The van der Waals surface area contributed by atoms with Crippen LogP contribution in [0.5, 0.6) is 5.75 Å². The molecular formula is C12H16N2O2. The van der Waals surface area contributed by atoms with Gasteiger partial charge in [-0.3, -0.25) is 4.79 Å². The number of hydrogen-bond acceptors (Lipinski definition) is 3. The summed E-state index contributed by atoms with van der Waals surface area (Å²) in [4.78, 5) is 13.6. The van der Waals surface area contributed by atoms with Crippen molar-refractivity contribution >= 4 is 11.6 Å². The van der Waals surface area contributed by atoms with E-state index >= 15 is 0 Å². The molecule has 4 nitrogen and oxygen atoms in total. The van der Waals surface area contributed by atoms with E-state index in [1.807, 2.05) is 24.3 Å². The molecule has 0 radical (unpaired) electrons. The van der Waals surface area contributed by atoms with Crippen molar-refractivity contribution in [2.45, 2.75) is 18.9 Å². The van der Waals surface area contributed by atoms with Crippen molar-refractivity contribution in [2.75, 3.05) is 18.5 Å². The first-order valence-corrected chi connectivity index (χ1v) is 5.47. The molecule has 1 aliphatic rings. The molecule has 0 aromatic heterocycles. The zero-order valence-corrected chi connectivity index (χ0v) is 9.35. The average Bonchev–Trinajstić information content (AvgIpc) is 2.32. The van der Waals surface area contributed by atoms with Gasteiger partial charge in [0.15, 0.2) is 6.10 Å². The topological polar surface area (TPSA) is 55.6 Å². The van der Waals surface area contributed by atoms with E-state index in [0.29, 0.717) is 13.0 Å². The molecule has 0 spiro atoms. The van der Waals surface area contributed by atoms with E-state index in [2.05, 4.69) is 0 Å². The fraction of sp³-hybridized carbons (Fsp3) is 0.417. The smallest absolute Gasteiger partial charge is 0.267 e. The number of hydrogen-bond donors (Lipinski definition) is 1. The first-order valence-electron chi connectivity index (χ1n) is 5.47. The molecule has 0 aliphatic carbocycles. The number of para-hydroxylation sites is 2. The molecule has 16 heavy (non-hydrogen) atoms. The molecule has 2 N–H and O–H groups in total. The van der Waals surface area contributed by atoms with E-state index < -0.39 is 0 Å². The predicted octanol–water partition coefficient (Wildman–Crippen LogP) is 1.15. The molecule has 86 valence electrons. The van der Waals surface area contributed by atoms with Crippen LogP contribution in [0, 0.1) is 0 Å². The highest BCUT2D eigenvalue weighted by atomic mass is 16.5. The first-order chi connectivity index (χ1) is 7.74. The third-order valence-corrected chi connectivity index (χ3v) is 2.77. The summed E-state index contributed by atoms with van der Waals surface area (Å²) in [5.74, 6) is 0.777. The lowest BCUT2D eigenvalue weighted by molar-refractivity contribution is -0.126. The fourth-order valence-corrected chi connectivity index (χ4v) is 1.86. The number of carbonyl (C=O) groups excluding carboxylic acids is 1. The lowest BCUT2D eigenvalue weighted by atomic mass is 10.1. The van der Waals surface area contributed by atoms with Gasteiger partial charge in [-0.25, -0.2) is 0 Å². The van der Waals surface area contributed by atoms with Gasteiger partial charge < -0.3 is 15.4 Å². The molecule has 4 heteroatoms. The summed E-state index contributed by atoms with van der Waals surface area (Å²) in [6.45, 7) is 0.582. The van der Waals surface area contributed by atoms with Gasteiger partial charge >= 0.3 is 0 Å². The van der Waals surface area contributed by atoms with Crippen LogP contribution in [0.25, 0.3) is 0 Å². The molecule has 2 rings (SSSR count). The van der Waals surface area contributed by atoms with E-state index in [0.717, 1.165) is 17.9 Å². The maximum atomic E-state index is 12.0. The predicted molar refractivity (Wildman–Crippen MR) is 62.6 cm³/mol. The summed E-state index contributed by atoms with van der Waals surface area (Å²) in [5, 5.41) is 0. The summed E-state index contributed by atoms with van der Waals surface area (Å²) in [7, 11) is 1.78. The number of fused-ring (bicyclic) bond motifs is 1. The lowest BCUT2D eigenvalue weighted by Crippen LogP contribution is -2.43. The van der Waals surface area contributed by atoms with Crippen molar-refractivity contribution in [1.29, 1.82) is 0 Å². The number of likely N-dealkylation sites (N-methyl/N-ethyl adjacent to an activating group) is 1. The highest BCUT2D eigenvalue weighted by Gasteiger charge is 2.31. The van der Waals surface area contributed by atoms with Gasteiger partial charge in [0.25, 0.3) is 5.91 Å². The lowest BCUT2D eigenvalue weighted by Gasteiger charge is -2.31. The minimum absolute atomic E-state index is 0.00662. The number of rotatable bonds is 3. The summed E-state index contributed by atoms with van der Waals surface area (Å²) >= 11 is 0. The Hall–Kier alpha value is -1.55. The van der Waals surface area contributed by atoms with Gasteiger partial charge in [0, 0.05) is 7.05 Å². The number of anilines is 1. The SMILES string of the molecule is CN1C(=O)C(CCCN)Oc2ccccc21. The maximum absolute atomic E-state index is 12.0. The molecule has 0 bridgehead atoms. The van der Waals surface area contributed by atoms with Crippen molar-refractivity contribution < 1.29 is 9.53 Å². The number of nitrogens with zero attached hydrogens (tertiary/aromatic N) is 1. The van der Waals surface area contributed by atoms with E-state index in [9.17, 15) is 4.79 Å². The van der Waals surface area contributed by atoms with Gasteiger partial charge in [0.1, 0.15) is 5.75 Å². The van der Waals surface area contributed by atoms with Crippen molar-refractivity contribution in [3.05, 3.63) is 24.3 Å². The van der Waals surface area contributed by atoms with Crippen LogP contribution in [-0.2, 0) is 4.79 Å². The molecule has 1 aromatic carbocycles. The third-order valence-electron chi connectivity index (χ3n) is 2.77. The van der Waals surface area contributed by atoms with E-state index in [-0.39, 0.29) is 12.0 Å². The van der Waals surface area contributed by atoms with E-state index in [4.69, 9.17) is 10.5 Å². The molecule has 0 fully saturated rings. The Bertz CT molecular complexity index is 392. The third kappa shape index (κ3) is 1.88. The van der Waals surface area contributed by atoms with E-state index in [1.54, 1.807) is 11.9 Å². The Kier molecular flexibility index (Phi) is 3.10. The minimum Gasteiger partial charge on any atom is -0.478 e. The summed E-state index contributed by atoms with van der Waals surface area (Å²) in [6, 6.07) is 7.56. The Morgan fingerprint density at radius 2 is 2.19 bits per heavy atom. The second kappa shape index (κ2) is 4.53. The van der Waals surface area contributed by atoms with Crippen LogP contribution in [0.15, 0.2) is 24.3 Å². The second-order valence-corrected chi connectivity index (χ2v) is 3.90. The van der Waals surface area contributed by atoms with Crippen LogP contribution < -0.4 is 15.4 Å². The van der Waals surface area contributed by atoms with Crippen LogP contribution in [0.3, 0.4) is 0 Å². The normalized spacial score (nSPS) is 19.2. The number of benzene rings is 1. The molecule has 1 aliphatic heterocycles. The van der Waals surface area contributed by atoms with Gasteiger partial charge in [-0.15, -0.1) is 0 Å². The Morgan fingerprint density at radius 1 is 1.44 bits per heavy atom. The number of carbonyl (C=O) groups is 1. The number of ether oxygens (including phenoxy) is 1. The van der Waals surface area contributed by atoms with Crippen LogP contribution in [-0.4, -0.2) is 25.6 Å². The second-order valence-electron chi connectivity index (χ2n) is 3.90. The minimum atomic E-state index is -0.386. The van der Waals surface area contributed by atoms with Crippen LogP contribution in [0.2, 0.25) is 0 Å². The summed E-state index contributed by atoms with van der Waals surface area (Å²) in [6.07, 6.45) is 1.09. The largest absolute Gasteiger partial charge is 0.478 e. The standard InChI is InChI=1S/C12H16N2O2/c1-14-9-5-2-3-6-10(9)16-11(12(14)15)7-4-8-13/h2-3,5-6,11H,4,7-8,13H2,1H3. The van der Waals surface area contributed by atoms with Gasteiger partial charge in [-0.1, -0.05) is 12.1 Å². The molecule has 1 heterocycles. The maximum Gasteiger partial charge on any atom is 0.267 e. The van der Waals surface area contributed by atoms with E-state index in [1.165, 1.54) is 0 Å². The Balaban J connectivity index is 2.21. The van der Waals surface area contributed by atoms with Crippen LogP contribution >= 0.6 is 0 Å². The number of nitrogens with two attached hydrogens (primary N) is 1. The fourth-order valence-electron chi connectivity index (χ4n) is 1.86. The summed E-state index contributed by atoms with van der Waals surface area (Å²) < 4.78 is 5.67. The van der Waals surface area contributed by atoms with Gasteiger partial charge in [-0.05, 0) is 31.5 Å². The zero-order valence-electron chi connectivity index (χ0n) is 9.35. The zero-order chi connectivity index (χ0) is 11.5. The van der Waals surface area contributed by atoms with Gasteiger partial charge in [-0.2, -0.15) is 0 Å². The average molecular weight is 220 g/mol. The first kappa shape index (κ1) is 11.0. The highest BCUT2D eigenvalue weighted by molar-refractivity contribution is 5.99. The highest BCUT2D eigenvalue weighted by Crippen LogP contribution is 2.33. The molecule has 1 amide bonds. The van der Waals surface area contributed by atoms with Crippen LogP contribution in [0.4, 0.5) is 5.69 Å². The molecule has 1 aromatic rings. The molecule has 0 saturated heterocycles. The Labute approximate surface area is 95.0 Å². The van der Waals surface area contributed by atoms with Crippen molar-refractivity contribution in [2.24, 2.45) is 5.73 Å². The molecule has 0 saturated carbocycles. The van der Waals surface area contributed by atoms with Gasteiger partial charge in [0.05, 0.1) is 5.69 Å². The monoisotopic (exact) mass is 220 g/mol. The van der Waals surface area contributed by atoms with Crippen molar-refractivity contribution in [1.82, 2.24) is 0 Å². The quantitative estimate of drug-likeness (QED) is 0.831. The number of amides is 1. The molecular weight excluding hydrogens is 204 g/mol. The Morgan fingerprint density at radius 3 is 2.94 bits per heavy atom. The van der Waals surface area contributed by atoms with Gasteiger partial charge in [0.2, 0.25) is 0 Å². The molecule has 1 unspecified atom stereocenters. The van der Waals surface area contributed by atoms with Crippen molar-refractivity contribution in [3.63, 3.8) is 0 Å². The van der Waals surface area contributed by atoms with Crippen molar-refractivity contribution in [3.8, 4) is 5.75 Å². The van der Waals surface area contributed by atoms with Crippen LogP contribution in [0.1, 0.15) is 12.8 Å². The molecule has 1 atom stereocenters.